The van der Waals surface area contributed by atoms with E-state index in [0.29, 0.717) is 5.56 Å². The third kappa shape index (κ3) is 9.35. The molecule has 1 aromatic rings. The molecule has 0 atom stereocenters. The molecule has 114 valence electrons. The van der Waals surface area contributed by atoms with Gasteiger partial charge in [-0.3, -0.25) is 9.78 Å². The van der Waals surface area contributed by atoms with Crippen LogP contribution in [-0.2, 0) is 14.4 Å². The van der Waals surface area contributed by atoms with E-state index in [1.165, 1.54) is 6.20 Å². The fourth-order valence-electron chi connectivity index (χ4n) is 0.884. The Morgan fingerprint density at radius 2 is 1.95 bits per heavy atom. The predicted molar refractivity (Wildman–Crippen MR) is 64.8 cm³/mol. The average Bonchev–Trinajstić information content (AvgIpc) is 2.44. The van der Waals surface area contributed by atoms with Crippen LogP contribution in [0.5, 0.6) is 0 Å². The second-order valence-electron chi connectivity index (χ2n) is 3.16. The second kappa shape index (κ2) is 9.66. The third-order valence-corrected chi connectivity index (χ3v) is 1.69. The number of carboxylic acids is 2. The molecule has 11 nitrogen and oxygen atoms in total. The summed E-state index contributed by atoms with van der Waals surface area (Å²) in [7, 11) is 0. The summed E-state index contributed by atoms with van der Waals surface area (Å²) in [5.41, 5.74) is 0.401. The minimum absolute atomic E-state index is 0.0781. The van der Waals surface area contributed by atoms with Gasteiger partial charge in [0.15, 0.2) is 0 Å². The maximum Gasteiger partial charge on any atom is 0.414 e. The lowest BCUT2D eigenvalue weighted by molar-refractivity contribution is -0.757. The van der Waals surface area contributed by atoms with Gasteiger partial charge >= 0.3 is 11.9 Å². The number of carbonyl (C=O) groups excluding carboxylic acids is 1. The number of carboxylic acid groups (broad SMARTS) is 2. The molecule has 0 unspecified atom stereocenters. The number of aromatic nitrogens is 1. The summed E-state index contributed by atoms with van der Waals surface area (Å²) in [5.74, 6) is -3.99. The maximum atomic E-state index is 11.3. The van der Waals surface area contributed by atoms with Crippen LogP contribution in [0.4, 0.5) is 0 Å². The lowest BCUT2D eigenvalue weighted by Gasteiger charge is -2.03. The molecule has 11 heteroatoms. The molecule has 0 fully saturated rings. The molecule has 0 aromatic carbocycles. The van der Waals surface area contributed by atoms with Gasteiger partial charge in [0, 0.05) is 18.9 Å². The van der Waals surface area contributed by atoms with E-state index < -0.39 is 17.0 Å². The largest absolute Gasteiger partial charge is 0.473 e. The van der Waals surface area contributed by atoms with Crippen LogP contribution in [0.2, 0.25) is 0 Å². The number of aliphatic carboxylic acids is 2. The Kier molecular flexibility index (Phi) is 8.17. The van der Waals surface area contributed by atoms with Crippen molar-refractivity contribution >= 4 is 17.8 Å². The summed E-state index contributed by atoms with van der Waals surface area (Å²) < 4.78 is 0. The van der Waals surface area contributed by atoms with Crippen LogP contribution in [0.1, 0.15) is 10.4 Å². The molecule has 0 aliphatic heterocycles. The van der Waals surface area contributed by atoms with Gasteiger partial charge in [-0.25, -0.2) is 9.59 Å². The van der Waals surface area contributed by atoms with Crippen LogP contribution in [0.25, 0.3) is 0 Å². The number of nitrogens with one attached hydrogen (secondary N) is 1. The monoisotopic (exact) mass is 301 g/mol. The number of carbonyl (C=O) groups is 3. The van der Waals surface area contributed by atoms with E-state index in [9.17, 15) is 14.9 Å². The Bertz CT molecular complexity index is 492. The number of hydrogen-bond acceptors (Lipinski definition) is 7. The minimum Gasteiger partial charge on any atom is -0.473 e. The van der Waals surface area contributed by atoms with Gasteiger partial charge in [-0.05, 0) is 12.1 Å². The summed E-state index contributed by atoms with van der Waals surface area (Å²) in [6.07, 6.45) is 2.95. The SMILES string of the molecule is O=C(NCCO[N+](=O)[O-])c1cccnc1.O=C(O)C(=O)O. The Hall–Kier alpha value is -3.24. The fraction of sp³-hybridized carbons (Fsp3) is 0.200. The molecule has 1 aromatic heterocycles. The lowest BCUT2D eigenvalue weighted by Crippen LogP contribution is -2.27. The highest BCUT2D eigenvalue weighted by molar-refractivity contribution is 6.27. The number of nitrogens with zero attached hydrogens (tertiary/aromatic N) is 2. The Labute approximate surface area is 117 Å². The van der Waals surface area contributed by atoms with Gasteiger partial charge in [0.25, 0.3) is 11.0 Å². The van der Waals surface area contributed by atoms with E-state index in [1.807, 2.05) is 0 Å². The summed E-state index contributed by atoms with van der Waals surface area (Å²) in [6.45, 7) is -0.0896. The van der Waals surface area contributed by atoms with E-state index in [-0.39, 0.29) is 19.1 Å². The Morgan fingerprint density at radius 3 is 2.38 bits per heavy atom. The highest BCUT2D eigenvalue weighted by Gasteiger charge is 2.04. The van der Waals surface area contributed by atoms with Gasteiger partial charge in [0.05, 0.1) is 5.56 Å². The molecule has 21 heavy (non-hydrogen) atoms. The first-order valence-corrected chi connectivity index (χ1v) is 5.26. The van der Waals surface area contributed by atoms with Gasteiger partial charge in [0.1, 0.15) is 6.61 Å². The van der Waals surface area contributed by atoms with Gasteiger partial charge in [0.2, 0.25) is 0 Å². The van der Waals surface area contributed by atoms with Crippen molar-refractivity contribution in [2.75, 3.05) is 13.2 Å². The normalized spacial score (nSPS) is 8.76. The number of hydrogen-bond donors (Lipinski definition) is 3. The van der Waals surface area contributed by atoms with E-state index in [2.05, 4.69) is 15.1 Å². The zero-order chi connectivity index (χ0) is 16.3. The number of pyridine rings is 1. The highest BCUT2D eigenvalue weighted by Crippen LogP contribution is 1.94. The van der Waals surface area contributed by atoms with E-state index >= 15 is 0 Å². The molecule has 1 rings (SSSR count). The molecule has 0 radical (unpaired) electrons. The summed E-state index contributed by atoms with van der Waals surface area (Å²) >= 11 is 0. The van der Waals surface area contributed by atoms with Crippen molar-refractivity contribution in [2.24, 2.45) is 0 Å². The van der Waals surface area contributed by atoms with Crippen LogP contribution in [0, 0.1) is 10.1 Å². The van der Waals surface area contributed by atoms with Crippen LogP contribution < -0.4 is 5.32 Å². The molecule has 0 aliphatic carbocycles. The summed E-state index contributed by atoms with van der Waals surface area (Å²) in [6, 6.07) is 3.22. The number of rotatable bonds is 5. The van der Waals surface area contributed by atoms with Crippen LogP contribution in [-0.4, -0.2) is 51.3 Å². The Morgan fingerprint density at radius 1 is 1.33 bits per heavy atom. The van der Waals surface area contributed by atoms with Crippen LogP contribution >= 0.6 is 0 Å². The van der Waals surface area contributed by atoms with Crippen molar-refractivity contribution in [3.8, 4) is 0 Å². The van der Waals surface area contributed by atoms with Gasteiger partial charge in [-0.1, -0.05) is 0 Å². The molecular weight excluding hydrogens is 290 g/mol. The predicted octanol–water partition coefficient (Wildman–Crippen LogP) is -0.825. The molecule has 0 saturated heterocycles. The molecular formula is C10H11N3O8. The molecule has 1 amide bonds. The molecule has 0 saturated carbocycles. The van der Waals surface area contributed by atoms with Crippen molar-refractivity contribution in [3.05, 3.63) is 40.2 Å². The smallest absolute Gasteiger partial charge is 0.414 e. The molecule has 3 N–H and O–H groups in total. The minimum atomic E-state index is -1.82. The summed E-state index contributed by atoms with van der Waals surface area (Å²) in [4.78, 5) is 47.1. The van der Waals surface area contributed by atoms with E-state index in [1.54, 1.807) is 18.3 Å². The van der Waals surface area contributed by atoms with Crippen LogP contribution in [0.15, 0.2) is 24.5 Å². The summed E-state index contributed by atoms with van der Waals surface area (Å²) in [5, 5.41) is 26.1. The zero-order valence-corrected chi connectivity index (χ0v) is 10.5. The van der Waals surface area contributed by atoms with E-state index in [4.69, 9.17) is 19.8 Å². The topological polar surface area (TPSA) is 169 Å². The zero-order valence-electron chi connectivity index (χ0n) is 10.5. The van der Waals surface area contributed by atoms with Crippen molar-refractivity contribution in [3.63, 3.8) is 0 Å². The highest BCUT2D eigenvalue weighted by atomic mass is 16.9. The molecule has 0 bridgehead atoms. The maximum absolute atomic E-state index is 11.3. The molecule has 0 spiro atoms. The fourth-order valence-corrected chi connectivity index (χ4v) is 0.884. The van der Waals surface area contributed by atoms with Crippen LogP contribution in [0.3, 0.4) is 0 Å². The molecule has 1 heterocycles. The standard InChI is InChI=1S/C8H9N3O4.C2H2O4/c12-8(7-2-1-3-9-6-7)10-4-5-15-11(13)14;3-1(4)2(5)6/h1-3,6H,4-5H2,(H,10,12);(H,3,4)(H,5,6). The lowest BCUT2D eigenvalue weighted by atomic mass is 10.3. The first kappa shape index (κ1) is 17.8. The van der Waals surface area contributed by atoms with Gasteiger partial charge in [-0.15, -0.1) is 10.1 Å². The van der Waals surface area contributed by atoms with Crippen molar-refractivity contribution in [1.29, 1.82) is 0 Å². The first-order chi connectivity index (χ1) is 9.84. The third-order valence-electron chi connectivity index (χ3n) is 1.69. The van der Waals surface area contributed by atoms with Crippen molar-refractivity contribution in [2.45, 2.75) is 0 Å². The van der Waals surface area contributed by atoms with E-state index in [0.717, 1.165) is 0 Å². The molecule has 0 aliphatic rings. The second-order valence-corrected chi connectivity index (χ2v) is 3.16. The Balaban J connectivity index is 0.000000567. The van der Waals surface area contributed by atoms with Gasteiger partial charge in [-0.2, -0.15) is 0 Å². The van der Waals surface area contributed by atoms with Crippen molar-refractivity contribution < 1.29 is 34.5 Å². The van der Waals surface area contributed by atoms with Crippen molar-refractivity contribution in [1.82, 2.24) is 10.3 Å². The quantitative estimate of drug-likeness (QED) is 0.272. The number of amides is 1. The first-order valence-electron chi connectivity index (χ1n) is 5.26. The average molecular weight is 301 g/mol. The van der Waals surface area contributed by atoms with Gasteiger partial charge < -0.3 is 20.4 Å².